The normalized spacial score (nSPS) is 11.1. The summed E-state index contributed by atoms with van der Waals surface area (Å²) in [4.78, 5) is 12.3. The van der Waals surface area contributed by atoms with Crippen molar-refractivity contribution < 1.29 is 0 Å². The third-order valence-corrected chi connectivity index (χ3v) is 3.88. The molecule has 3 aromatic rings. The first-order chi connectivity index (χ1) is 9.19. The van der Waals surface area contributed by atoms with Gasteiger partial charge in [0.1, 0.15) is 10.8 Å². The lowest BCUT2D eigenvalue weighted by atomic mass is 10.2. The molecule has 0 aliphatic heterocycles. The van der Waals surface area contributed by atoms with Crippen molar-refractivity contribution in [2.75, 3.05) is 0 Å². The molecule has 0 bridgehead atoms. The Morgan fingerprint density at radius 3 is 2.79 bits per heavy atom. The van der Waals surface area contributed by atoms with Crippen molar-refractivity contribution >= 4 is 38.6 Å². The molecule has 0 atom stereocenters. The number of nitrogens with zero attached hydrogens (tertiary/aromatic N) is 2. The van der Waals surface area contributed by atoms with E-state index in [9.17, 15) is 0 Å². The Hall–Kier alpha value is -1.39. The number of hydrogen-bond donors (Lipinski definition) is 1. The van der Waals surface area contributed by atoms with Crippen LogP contribution in [0.25, 0.3) is 22.4 Å². The number of rotatable bonds is 2. The number of benzene rings is 1. The van der Waals surface area contributed by atoms with Crippen molar-refractivity contribution in [3.05, 3.63) is 45.7 Å². The standard InChI is InChI=1S/C14H11BrClN3/c1-2-11-9-7-12(16)18-14(9)19-13(17-11)8-5-3-4-6-10(8)15/h3-7H,2H2,1H3,(H,17,18,19). The molecule has 2 aromatic heterocycles. The van der Waals surface area contributed by atoms with E-state index in [0.29, 0.717) is 11.0 Å². The predicted octanol–water partition coefficient (Wildman–Crippen LogP) is 4.60. The van der Waals surface area contributed by atoms with Gasteiger partial charge in [0.2, 0.25) is 0 Å². The van der Waals surface area contributed by atoms with Crippen LogP contribution in [0, 0.1) is 0 Å². The van der Waals surface area contributed by atoms with Crippen LogP contribution in [0.5, 0.6) is 0 Å². The minimum Gasteiger partial charge on any atom is -0.330 e. The molecular weight excluding hydrogens is 326 g/mol. The first kappa shape index (κ1) is 12.6. The van der Waals surface area contributed by atoms with Crippen LogP contribution < -0.4 is 0 Å². The molecule has 3 nitrogen and oxygen atoms in total. The number of nitrogens with one attached hydrogen (secondary N) is 1. The van der Waals surface area contributed by atoms with Gasteiger partial charge in [-0.3, -0.25) is 0 Å². The maximum Gasteiger partial charge on any atom is 0.162 e. The highest BCUT2D eigenvalue weighted by atomic mass is 79.9. The summed E-state index contributed by atoms with van der Waals surface area (Å²) >= 11 is 9.54. The molecule has 2 heterocycles. The summed E-state index contributed by atoms with van der Waals surface area (Å²) in [6.45, 7) is 2.08. The number of aryl methyl sites for hydroxylation is 1. The lowest BCUT2D eigenvalue weighted by molar-refractivity contribution is 1.03. The van der Waals surface area contributed by atoms with Crippen molar-refractivity contribution in [3.8, 4) is 11.4 Å². The average Bonchev–Trinajstić information content (AvgIpc) is 2.78. The van der Waals surface area contributed by atoms with Crippen molar-refractivity contribution in [1.82, 2.24) is 15.0 Å². The lowest BCUT2D eigenvalue weighted by Crippen LogP contribution is -1.96. The number of halogens is 2. The van der Waals surface area contributed by atoms with Gasteiger partial charge in [0.15, 0.2) is 5.82 Å². The molecule has 0 aliphatic rings. The van der Waals surface area contributed by atoms with Crippen LogP contribution in [0.3, 0.4) is 0 Å². The number of hydrogen-bond acceptors (Lipinski definition) is 2. The van der Waals surface area contributed by atoms with Crippen LogP contribution in [0.2, 0.25) is 5.15 Å². The summed E-state index contributed by atoms with van der Waals surface area (Å²) < 4.78 is 0.981. The van der Waals surface area contributed by atoms with Gasteiger partial charge in [-0.05, 0) is 18.6 Å². The predicted molar refractivity (Wildman–Crippen MR) is 81.4 cm³/mol. The molecule has 5 heteroatoms. The van der Waals surface area contributed by atoms with Gasteiger partial charge in [-0.15, -0.1) is 0 Å². The summed E-state index contributed by atoms with van der Waals surface area (Å²) in [5.74, 6) is 0.704. The van der Waals surface area contributed by atoms with Gasteiger partial charge in [-0.2, -0.15) is 0 Å². The third kappa shape index (κ3) is 2.26. The van der Waals surface area contributed by atoms with Crippen LogP contribution in [-0.4, -0.2) is 15.0 Å². The molecule has 96 valence electrons. The molecule has 0 saturated carbocycles. The lowest BCUT2D eigenvalue weighted by Gasteiger charge is -2.06. The van der Waals surface area contributed by atoms with Gasteiger partial charge in [-0.1, -0.05) is 52.7 Å². The summed E-state index contributed by atoms with van der Waals surface area (Å²) in [6.07, 6.45) is 0.838. The maximum absolute atomic E-state index is 6.01. The van der Waals surface area contributed by atoms with E-state index >= 15 is 0 Å². The number of H-pyrrole nitrogens is 1. The number of fused-ring (bicyclic) bond motifs is 1. The van der Waals surface area contributed by atoms with Gasteiger partial charge < -0.3 is 4.98 Å². The van der Waals surface area contributed by atoms with E-state index in [-0.39, 0.29) is 0 Å². The molecule has 0 amide bonds. The van der Waals surface area contributed by atoms with Crippen molar-refractivity contribution in [3.63, 3.8) is 0 Å². The number of aromatic nitrogens is 3. The van der Waals surface area contributed by atoms with Crippen LogP contribution in [0.1, 0.15) is 12.6 Å². The molecule has 3 rings (SSSR count). The first-order valence-corrected chi connectivity index (χ1v) is 7.16. The third-order valence-electron chi connectivity index (χ3n) is 2.98. The van der Waals surface area contributed by atoms with Crippen LogP contribution in [0.4, 0.5) is 0 Å². The Morgan fingerprint density at radius 1 is 1.26 bits per heavy atom. The Balaban J connectivity index is 2.28. The van der Waals surface area contributed by atoms with Gasteiger partial charge in [0.05, 0.1) is 5.69 Å². The fourth-order valence-electron chi connectivity index (χ4n) is 2.07. The summed E-state index contributed by atoms with van der Waals surface area (Å²) in [5, 5.41) is 1.58. The zero-order chi connectivity index (χ0) is 13.4. The van der Waals surface area contributed by atoms with Crippen LogP contribution in [0.15, 0.2) is 34.8 Å². The van der Waals surface area contributed by atoms with Crippen molar-refractivity contribution in [2.45, 2.75) is 13.3 Å². The molecule has 1 N–H and O–H groups in total. The van der Waals surface area contributed by atoms with E-state index in [1.807, 2.05) is 30.3 Å². The monoisotopic (exact) mass is 335 g/mol. The topological polar surface area (TPSA) is 41.6 Å². The SMILES string of the molecule is CCc1nc(-c2ccccc2Br)nc2[nH]c(Cl)cc12. The second kappa shape index (κ2) is 4.94. The Kier molecular flexibility index (Phi) is 3.29. The summed E-state index contributed by atoms with van der Waals surface area (Å²) in [5.41, 5.74) is 2.76. The number of aromatic amines is 1. The largest absolute Gasteiger partial charge is 0.330 e. The first-order valence-electron chi connectivity index (χ1n) is 5.99. The summed E-state index contributed by atoms with van der Waals surface area (Å²) in [7, 11) is 0. The minimum atomic E-state index is 0.586. The zero-order valence-electron chi connectivity index (χ0n) is 10.2. The minimum absolute atomic E-state index is 0.586. The quantitative estimate of drug-likeness (QED) is 0.743. The molecular formula is C14H11BrClN3. The van der Waals surface area contributed by atoms with E-state index < -0.39 is 0 Å². The van der Waals surface area contributed by atoms with Crippen molar-refractivity contribution in [2.24, 2.45) is 0 Å². The molecule has 0 saturated heterocycles. The van der Waals surface area contributed by atoms with Crippen molar-refractivity contribution in [1.29, 1.82) is 0 Å². The molecule has 0 radical (unpaired) electrons. The average molecular weight is 337 g/mol. The van der Waals surface area contributed by atoms with E-state index in [0.717, 1.165) is 33.2 Å². The van der Waals surface area contributed by atoms with Gasteiger partial charge in [-0.25, -0.2) is 9.97 Å². The van der Waals surface area contributed by atoms with Crippen LogP contribution >= 0.6 is 27.5 Å². The molecule has 0 aliphatic carbocycles. The molecule has 0 unspecified atom stereocenters. The second-order valence-electron chi connectivity index (χ2n) is 4.21. The van der Waals surface area contributed by atoms with Gasteiger partial charge in [0, 0.05) is 15.4 Å². The highest BCUT2D eigenvalue weighted by Gasteiger charge is 2.12. The van der Waals surface area contributed by atoms with E-state index in [2.05, 4.69) is 37.8 Å². The van der Waals surface area contributed by atoms with Crippen LogP contribution in [-0.2, 0) is 6.42 Å². The Morgan fingerprint density at radius 2 is 2.05 bits per heavy atom. The molecule has 1 aromatic carbocycles. The van der Waals surface area contributed by atoms with E-state index in [4.69, 9.17) is 11.6 Å². The molecule has 19 heavy (non-hydrogen) atoms. The van der Waals surface area contributed by atoms with E-state index in [1.165, 1.54) is 0 Å². The maximum atomic E-state index is 6.01. The van der Waals surface area contributed by atoms with E-state index in [1.54, 1.807) is 0 Å². The smallest absolute Gasteiger partial charge is 0.162 e. The second-order valence-corrected chi connectivity index (χ2v) is 5.47. The Labute approximate surface area is 124 Å². The molecule has 0 spiro atoms. The van der Waals surface area contributed by atoms with Gasteiger partial charge in [0.25, 0.3) is 0 Å². The molecule has 0 fully saturated rings. The highest BCUT2D eigenvalue weighted by molar-refractivity contribution is 9.10. The fraction of sp³-hybridized carbons (Fsp3) is 0.143. The van der Waals surface area contributed by atoms with Gasteiger partial charge >= 0.3 is 0 Å². The highest BCUT2D eigenvalue weighted by Crippen LogP contribution is 2.28. The Bertz CT molecular complexity index is 752. The summed E-state index contributed by atoms with van der Waals surface area (Å²) in [6, 6.07) is 9.80. The fourth-order valence-corrected chi connectivity index (χ4v) is 2.73. The zero-order valence-corrected chi connectivity index (χ0v) is 12.6.